The molecule has 0 spiro atoms. The fourth-order valence-corrected chi connectivity index (χ4v) is 4.84. The molecule has 0 amide bonds. The van der Waals surface area contributed by atoms with Gasteiger partial charge in [0.15, 0.2) is 11.6 Å². The quantitative estimate of drug-likeness (QED) is 0.0555. The van der Waals surface area contributed by atoms with Crippen molar-refractivity contribution in [3.05, 3.63) is 133 Å². The van der Waals surface area contributed by atoms with E-state index in [1.165, 1.54) is 12.1 Å². The molecule has 0 heterocycles. The van der Waals surface area contributed by atoms with Gasteiger partial charge in [-0.15, -0.1) is 0 Å². The van der Waals surface area contributed by atoms with E-state index in [4.69, 9.17) is 18.9 Å². The van der Waals surface area contributed by atoms with Crippen molar-refractivity contribution in [2.24, 2.45) is 0 Å². The zero-order valence-corrected chi connectivity index (χ0v) is 26.1. The highest BCUT2D eigenvalue weighted by Crippen LogP contribution is 2.31. The Morgan fingerprint density at radius 1 is 0.604 bits per heavy atom. The van der Waals surface area contributed by atoms with Crippen molar-refractivity contribution < 1.29 is 37.3 Å². The lowest BCUT2D eigenvalue weighted by Gasteiger charge is -2.10. The second kappa shape index (κ2) is 16.1. The molecule has 0 saturated carbocycles. The van der Waals surface area contributed by atoms with Crippen LogP contribution in [0, 0.1) is 23.5 Å². The van der Waals surface area contributed by atoms with Crippen LogP contribution in [0.5, 0.6) is 11.5 Å². The fourth-order valence-electron chi connectivity index (χ4n) is 4.84. The number of esters is 2. The average Bonchev–Trinajstić information content (AvgIpc) is 3.11. The lowest BCUT2D eigenvalue weighted by atomic mass is 9.99. The molecule has 5 aromatic rings. The lowest BCUT2D eigenvalue weighted by molar-refractivity contribution is -0.138. The maximum absolute atomic E-state index is 15.3. The van der Waals surface area contributed by atoms with Crippen molar-refractivity contribution in [3.8, 4) is 34.5 Å². The van der Waals surface area contributed by atoms with Crippen LogP contribution in [0.4, 0.5) is 8.78 Å². The molecule has 8 heteroatoms. The molecule has 0 N–H and O–H groups in total. The monoisotopic (exact) mass is 646 g/mol. The summed E-state index contributed by atoms with van der Waals surface area (Å²) >= 11 is 0. The van der Waals surface area contributed by atoms with Gasteiger partial charge in [-0.1, -0.05) is 55.3 Å². The van der Waals surface area contributed by atoms with Crippen molar-refractivity contribution in [3.63, 3.8) is 0 Å². The van der Waals surface area contributed by atoms with Crippen LogP contribution in [0.15, 0.2) is 110 Å². The van der Waals surface area contributed by atoms with E-state index in [1.807, 2.05) is 54.6 Å². The topological polar surface area (TPSA) is 71.1 Å². The molecule has 48 heavy (non-hydrogen) atoms. The number of fused-ring (bicyclic) bond motifs is 2. The SMILES string of the molecule is C=CC(=O)OCCCOc1ccc2cc(C#Cc3ccc(-c4ccc5cc(OCCCOC(=O)C=C)ccc5c4)c(F)c3F)ccc2c1. The zero-order chi connectivity index (χ0) is 33.9. The van der Waals surface area contributed by atoms with Gasteiger partial charge in [-0.2, -0.15) is 0 Å². The number of rotatable bonds is 13. The number of hydrogen-bond acceptors (Lipinski definition) is 6. The Balaban J connectivity index is 1.22. The van der Waals surface area contributed by atoms with E-state index in [2.05, 4.69) is 25.0 Å². The first-order chi connectivity index (χ1) is 23.3. The zero-order valence-electron chi connectivity index (χ0n) is 26.1. The summed E-state index contributed by atoms with van der Waals surface area (Å²) in [7, 11) is 0. The van der Waals surface area contributed by atoms with Gasteiger partial charge >= 0.3 is 11.9 Å². The fraction of sp³-hybridized carbons (Fsp3) is 0.150. The summed E-state index contributed by atoms with van der Waals surface area (Å²) < 4.78 is 51.9. The molecular formula is C40H32F2O6. The first-order valence-corrected chi connectivity index (χ1v) is 15.3. The summed E-state index contributed by atoms with van der Waals surface area (Å²) in [6.45, 7) is 7.94. The Morgan fingerprint density at radius 3 is 1.75 bits per heavy atom. The van der Waals surface area contributed by atoms with E-state index < -0.39 is 23.6 Å². The van der Waals surface area contributed by atoms with E-state index in [0.29, 0.717) is 48.7 Å². The van der Waals surface area contributed by atoms with Gasteiger partial charge in [0.25, 0.3) is 0 Å². The van der Waals surface area contributed by atoms with Crippen LogP contribution < -0.4 is 9.47 Å². The number of hydrogen-bond donors (Lipinski definition) is 0. The highest BCUT2D eigenvalue weighted by Gasteiger charge is 2.14. The molecule has 0 fully saturated rings. The maximum Gasteiger partial charge on any atom is 0.330 e. The standard InChI is InChI=1S/C40H32F2O6/c1-3-37(43)47-21-5-19-45-34-16-13-29-23-27(8-10-31(29)25-34)7-9-28-15-18-36(40(42)39(28)41)33-12-11-32-26-35(17-14-30(32)24-33)46-20-6-22-48-38(44)4-2/h3-4,8,10-18,23-26H,1-2,5-6,19-22H2. The molecule has 0 saturated heterocycles. The van der Waals surface area contributed by atoms with Gasteiger partial charge in [-0.05, 0) is 81.7 Å². The number of halogens is 2. The third kappa shape index (κ3) is 8.65. The van der Waals surface area contributed by atoms with Crippen molar-refractivity contribution in [2.45, 2.75) is 12.8 Å². The maximum atomic E-state index is 15.3. The van der Waals surface area contributed by atoms with Crippen LogP contribution in [0.3, 0.4) is 0 Å². The predicted octanol–water partition coefficient (Wildman–Crippen LogP) is 8.33. The minimum atomic E-state index is -1.01. The van der Waals surface area contributed by atoms with Crippen molar-refractivity contribution in [1.82, 2.24) is 0 Å². The van der Waals surface area contributed by atoms with Gasteiger partial charge in [-0.3, -0.25) is 0 Å². The van der Waals surface area contributed by atoms with Gasteiger partial charge in [0.1, 0.15) is 11.5 Å². The molecule has 0 aliphatic carbocycles. The summed E-state index contributed by atoms with van der Waals surface area (Å²) in [4.78, 5) is 22.2. The number of carbonyl (C=O) groups is 2. The largest absolute Gasteiger partial charge is 0.493 e. The van der Waals surface area contributed by atoms with Crippen LogP contribution in [0.1, 0.15) is 24.0 Å². The average molecular weight is 647 g/mol. The molecular weight excluding hydrogens is 614 g/mol. The Kier molecular flexibility index (Phi) is 11.2. The Morgan fingerprint density at radius 2 is 1.15 bits per heavy atom. The summed E-state index contributed by atoms with van der Waals surface area (Å²) in [6, 6.07) is 25.1. The third-order valence-corrected chi connectivity index (χ3v) is 7.30. The molecule has 242 valence electrons. The molecule has 5 rings (SSSR count). The molecule has 5 aromatic carbocycles. The molecule has 0 radical (unpaired) electrons. The smallest absolute Gasteiger partial charge is 0.330 e. The summed E-state index contributed by atoms with van der Waals surface area (Å²) in [5, 5.41) is 3.56. The van der Waals surface area contributed by atoms with Crippen LogP contribution in [0.25, 0.3) is 32.7 Å². The highest BCUT2D eigenvalue weighted by molar-refractivity contribution is 5.89. The van der Waals surface area contributed by atoms with Gasteiger partial charge in [0.2, 0.25) is 0 Å². The second-order valence-corrected chi connectivity index (χ2v) is 10.6. The molecule has 0 bridgehead atoms. The van der Waals surface area contributed by atoms with Gasteiger partial charge in [-0.25, -0.2) is 18.4 Å². The number of ether oxygens (including phenoxy) is 4. The first-order valence-electron chi connectivity index (χ1n) is 15.3. The molecule has 0 aliphatic rings. The molecule has 6 nitrogen and oxygen atoms in total. The van der Waals surface area contributed by atoms with Crippen LogP contribution in [0.2, 0.25) is 0 Å². The van der Waals surface area contributed by atoms with Crippen LogP contribution in [-0.4, -0.2) is 38.4 Å². The second-order valence-electron chi connectivity index (χ2n) is 10.6. The van der Waals surface area contributed by atoms with E-state index in [-0.39, 0.29) is 24.3 Å². The van der Waals surface area contributed by atoms with Crippen molar-refractivity contribution in [2.75, 3.05) is 26.4 Å². The Hall–Kier alpha value is -5.94. The first kappa shape index (κ1) is 33.4. The van der Waals surface area contributed by atoms with E-state index in [0.717, 1.165) is 33.7 Å². The molecule has 0 aliphatic heterocycles. The molecule has 0 aromatic heterocycles. The molecule has 0 unspecified atom stereocenters. The normalized spacial score (nSPS) is 10.5. The van der Waals surface area contributed by atoms with Gasteiger partial charge in [0, 0.05) is 36.1 Å². The molecule has 0 atom stereocenters. The van der Waals surface area contributed by atoms with Crippen molar-refractivity contribution in [1.29, 1.82) is 0 Å². The van der Waals surface area contributed by atoms with E-state index >= 15 is 8.78 Å². The summed E-state index contributed by atoms with van der Waals surface area (Å²) in [5.41, 5.74) is 1.28. The van der Waals surface area contributed by atoms with E-state index in [9.17, 15) is 9.59 Å². The summed E-state index contributed by atoms with van der Waals surface area (Å²) in [6.07, 6.45) is 3.31. The van der Waals surface area contributed by atoms with Gasteiger partial charge in [0.05, 0.1) is 32.0 Å². The van der Waals surface area contributed by atoms with Crippen LogP contribution >= 0.6 is 0 Å². The highest BCUT2D eigenvalue weighted by atomic mass is 19.2. The minimum Gasteiger partial charge on any atom is -0.493 e. The number of carbonyl (C=O) groups excluding carboxylic acids is 2. The lowest BCUT2D eigenvalue weighted by Crippen LogP contribution is -2.06. The minimum absolute atomic E-state index is 0.0410. The van der Waals surface area contributed by atoms with E-state index in [1.54, 1.807) is 18.2 Å². The van der Waals surface area contributed by atoms with Crippen LogP contribution in [-0.2, 0) is 19.1 Å². The Labute approximate surface area is 277 Å². The Bertz CT molecular complexity index is 2060. The summed E-state index contributed by atoms with van der Waals surface area (Å²) in [5.74, 6) is 4.12. The predicted molar refractivity (Wildman–Crippen MR) is 182 cm³/mol. The number of benzene rings is 5. The van der Waals surface area contributed by atoms with Crippen molar-refractivity contribution >= 4 is 33.5 Å². The third-order valence-electron chi connectivity index (χ3n) is 7.30. The van der Waals surface area contributed by atoms with Gasteiger partial charge < -0.3 is 18.9 Å².